The molecule has 1 amide bonds. The number of ether oxygens (including phenoxy) is 1. The average molecular weight is 447 g/mol. The maximum atomic E-state index is 12.5. The maximum Gasteiger partial charge on any atom is 0.261 e. The predicted molar refractivity (Wildman–Crippen MR) is 124 cm³/mol. The van der Waals surface area contributed by atoms with E-state index in [9.17, 15) is 13.2 Å². The van der Waals surface area contributed by atoms with Crippen molar-refractivity contribution in [3.63, 3.8) is 0 Å². The molecule has 7 heteroatoms. The van der Waals surface area contributed by atoms with E-state index in [1.807, 2.05) is 38.1 Å². The second-order valence-corrected chi connectivity index (χ2v) is 11.0. The largest absolute Gasteiger partial charge is 0.481 e. The zero-order chi connectivity index (χ0) is 23.4. The van der Waals surface area contributed by atoms with Crippen molar-refractivity contribution in [2.24, 2.45) is 0 Å². The van der Waals surface area contributed by atoms with E-state index in [1.54, 1.807) is 38.2 Å². The van der Waals surface area contributed by atoms with Gasteiger partial charge in [-0.05, 0) is 61.6 Å². The van der Waals surface area contributed by atoms with Gasteiger partial charge in [0.15, 0.2) is 6.10 Å². The second-order valence-electron chi connectivity index (χ2n) is 9.01. The summed E-state index contributed by atoms with van der Waals surface area (Å²) in [6.45, 7) is 12.1. The summed E-state index contributed by atoms with van der Waals surface area (Å²) in [5.74, 6) is 0.399. The molecule has 170 valence electrons. The number of hydrogen-bond donors (Lipinski definition) is 1. The second kappa shape index (κ2) is 9.83. The summed E-state index contributed by atoms with van der Waals surface area (Å²) >= 11 is 0. The van der Waals surface area contributed by atoms with Gasteiger partial charge in [0, 0.05) is 19.6 Å². The molecule has 0 spiro atoms. The van der Waals surface area contributed by atoms with Gasteiger partial charge < -0.3 is 10.1 Å². The van der Waals surface area contributed by atoms with Gasteiger partial charge in [-0.2, -0.15) is 4.31 Å². The number of nitrogens with zero attached hydrogens (tertiary/aromatic N) is 1. The van der Waals surface area contributed by atoms with Crippen LogP contribution in [0.4, 0.5) is 0 Å². The van der Waals surface area contributed by atoms with Crippen molar-refractivity contribution in [3.8, 4) is 5.75 Å². The van der Waals surface area contributed by atoms with Crippen molar-refractivity contribution in [2.45, 2.75) is 70.5 Å². The monoisotopic (exact) mass is 446 g/mol. The molecule has 0 saturated heterocycles. The van der Waals surface area contributed by atoms with Gasteiger partial charge in [-0.15, -0.1) is 0 Å². The van der Waals surface area contributed by atoms with Gasteiger partial charge in [-0.3, -0.25) is 4.79 Å². The van der Waals surface area contributed by atoms with E-state index in [0.29, 0.717) is 5.75 Å². The lowest BCUT2D eigenvalue weighted by molar-refractivity contribution is -0.127. The number of carbonyl (C=O) groups excluding carboxylic acids is 1. The van der Waals surface area contributed by atoms with Crippen molar-refractivity contribution < 1.29 is 17.9 Å². The molecule has 2 aromatic rings. The third kappa shape index (κ3) is 6.55. The molecule has 0 radical (unpaired) electrons. The number of hydrogen-bond acceptors (Lipinski definition) is 4. The highest BCUT2D eigenvalue weighted by molar-refractivity contribution is 7.89. The third-order valence-electron chi connectivity index (χ3n) is 5.20. The third-order valence-corrected chi connectivity index (χ3v) is 7.24. The first-order chi connectivity index (χ1) is 14.3. The van der Waals surface area contributed by atoms with Crippen LogP contribution in [-0.2, 0) is 26.8 Å². The molecule has 0 heterocycles. The lowest BCUT2D eigenvalue weighted by Gasteiger charge is -2.21. The molecule has 0 bridgehead atoms. The number of benzene rings is 2. The highest BCUT2D eigenvalue weighted by Crippen LogP contribution is 2.24. The van der Waals surface area contributed by atoms with Crippen LogP contribution in [0.15, 0.2) is 53.4 Å². The summed E-state index contributed by atoms with van der Waals surface area (Å²) < 4.78 is 32.1. The number of amides is 1. The molecule has 2 aromatic carbocycles. The molecular weight excluding hydrogens is 412 g/mol. The first-order valence-corrected chi connectivity index (χ1v) is 11.9. The summed E-state index contributed by atoms with van der Waals surface area (Å²) in [4.78, 5) is 12.6. The van der Waals surface area contributed by atoms with Gasteiger partial charge in [-0.1, -0.05) is 45.0 Å². The van der Waals surface area contributed by atoms with Crippen LogP contribution in [0, 0.1) is 0 Å². The Labute approximate surface area is 186 Å². The summed E-state index contributed by atoms with van der Waals surface area (Å²) in [5, 5.41) is 2.83. The molecule has 1 unspecified atom stereocenters. The van der Waals surface area contributed by atoms with E-state index in [0.717, 1.165) is 5.56 Å². The summed E-state index contributed by atoms with van der Waals surface area (Å²) in [7, 11) is -1.96. The Balaban J connectivity index is 1.93. The Morgan fingerprint density at radius 1 is 1.00 bits per heavy atom. The number of rotatable bonds is 8. The summed E-state index contributed by atoms with van der Waals surface area (Å²) in [5.41, 5.74) is 2.06. The minimum Gasteiger partial charge on any atom is -0.481 e. The normalized spacial score (nSPS) is 13.3. The van der Waals surface area contributed by atoms with Crippen LogP contribution in [0.3, 0.4) is 0 Å². The Kier molecular flexibility index (Phi) is 7.89. The van der Waals surface area contributed by atoms with Crippen LogP contribution < -0.4 is 10.1 Å². The van der Waals surface area contributed by atoms with Crippen molar-refractivity contribution in [2.75, 3.05) is 7.05 Å². The van der Waals surface area contributed by atoms with E-state index >= 15 is 0 Å². The molecule has 1 N–H and O–H groups in total. The molecule has 6 nitrogen and oxygen atoms in total. The first-order valence-electron chi connectivity index (χ1n) is 10.4. The fourth-order valence-corrected chi connectivity index (χ4v) is 4.21. The predicted octanol–water partition coefficient (Wildman–Crippen LogP) is 4.10. The molecule has 1 atom stereocenters. The minimum atomic E-state index is -3.52. The maximum absolute atomic E-state index is 12.5. The molecule has 2 rings (SSSR count). The van der Waals surface area contributed by atoms with Gasteiger partial charge in [0.05, 0.1) is 4.90 Å². The number of sulfonamides is 1. The van der Waals surface area contributed by atoms with Crippen LogP contribution in [-0.4, -0.2) is 37.8 Å². The van der Waals surface area contributed by atoms with Crippen LogP contribution in [0.25, 0.3) is 0 Å². The molecular formula is C24H34N2O4S. The molecule has 31 heavy (non-hydrogen) atoms. The summed E-state index contributed by atoms with van der Waals surface area (Å²) in [6.07, 6.45) is -0.653. The zero-order valence-corrected chi connectivity index (χ0v) is 20.3. The van der Waals surface area contributed by atoms with E-state index in [1.165, 1.54) is 9.87 Å². The first kappa shape index (κ1) is 24.9. The van der Waals surface area contributed by atoms with Crippen LogP contribution in [0.2, 0.25) is 0 Å². The topological polar surface area (TPSA) is 75.7 Å². The van der Waals surface area contributed by atoms with Crippen molar-refractivity contribution in [3.05, 3.63) is 59.7 Å². The standard InChI is InChI=1S/C24H34N2O4S/c1-17(2)26(7)31(28,29)22-14-8-19(9-15-22)16-25-23(27)18(3)30-21-12-10-20(11-13-21)24(4,5)6/h8-15,17-18H,16H2,1-7H3,(H,25,27). The molecule has 0 aliphatic carbocycles. The quantitative estimate of drug-likeness (QED) is 0.662. The lowest BCUT2D eigenvalue weighted by atomic mass is 9.87. The Hall–Kier alpha value is -2.38. The van der Waals surface area contributed by atoms with Crippen LogP contribution in [0.1, 0.15) is 52.7 Å². The van der Waals surface area contributed by atoms with Crippen molar-refractivity contribution >= 4 is 15.9 Å². The van der Waals surface area contributed by atoms with E-state index in [4.69, 9.17) is 4.74 Å². The van der Waals surface area contributed by atoms with Gasteiger partial charge in [0.2, 0.25) is 10.0 Å². The molecule has 0 aliphatic rings. The Bertz CT molecular complexity index is 976. The Morgan fingerprint density at radius 2 is 1.55 bits per heavy atom. The SMILES string of the molecule is CC(Oc1ccc(C(C)(C)C)cc1)C(=O)NCc1ccc(S(=O)(=O)N(C)C(C)C)cc1. The molecule has 0 aliphatic heterocycles. The highest BCUT2D eigenvalue weighted by Gasteiger charge is 2.23. The van der Waals surface area contributed by atoms with E-state index in [-0.39, 0.29) is 28.8 Å². The van der Waals surface area contributed by atoms with Gasteiger partial charge >= 0.3 is 0 Å². The molecule has 0 saturated carbocycles. The average Bonchev–Trinajstić information content (AvgIpc) is 2.71. The minimum absolute atomic E-state index is 0.0562. The number of carbonyl (C=O) groups is 1. The smallest absolute Gasteiger partial charge is 0.261 e. The molecule has 0 aromatic heterocycles. The van der Waals surface area contributed by atoms with Gasteiger partial charge in [-0.25, -0.2) is 8.42 Å². The van der Waals surface area contributed by atoms with Crippen molar-refractivity contribution in [1.29, 1.82) is 0 Å². The summed E-state index contributed by atoms with van der Waals surface area (Å²) in [6, 6.07) is 14.2. The molecule has 0 fully saturated rings. The van der Waals surface area contributed by atoms with Crippen LogP contribution >= 0.6 is 0 Å². The highest BCUT2D eigenvalue weighted by atomic mass is 32.2. The fourth-order valence-electron chi connectivity index (χ4n) is 2.85. The van der Waals surface area contributed by atoms with E-state index in [2.05, 4.69) is 26.1 Å². The zero-order valence-electron chi connectivity index (χ0n) is 19.5. The van der Waals surface area contributed by atoms with Gasteiger partial charge in [0.1, 0.15) is 5.75 Å². The van der Waals surface area contributed by atoms with Crippen molar-refractivity contribution in [1.82, 2.24) is 9.62 Å². The number of nitrogens with one attached hydrogen (secondary N) is 1. The lowest BCUT2D eigenvalue weighted by Crippen LogP contribution is -2.36. The van der Waals surface area contributed by atoms with Gasteiger partial charge in [0.25, 0.3) is 5.91 Å². The Morgan fingerprint density at radius 3 is 2.03 bits per heavy atom. The van der Waals surface area contributed by atoms with Crippen LogP contribution in [0.5, 0.6) is 5.75 Å². The fraction of sp³-hybridized carbons (Fsp3) is 0.458. The van der Waals surface area contributed by atoms with E-state index < -0.39 is 16.1 Å².